The third-order valence-corrected chi connectivity index (χ3v) is 7.47. The molecule has 0 radical (unpaired) electrons. The molecule has 0 bridgehead atoms. The number of hydrogen-bond acceptors (Lipinski definition) is 4. The molecule has 1 unspecified atom stereocenters. The summed E-state index contributed by atoms with van der Waals surface area (Å²) in [6.45, 7) is 13.0. The van der Waals surface area contributed by atoms with Crippen molar-refractivity contribution in [2.75, 3.05) is 39.7 Å². The molecule has 4 nitrogen and oxygen atoms in total. The zero-order valence-corrected chi connectivity index (χ0v) is 25.9. The van der Waals surface area contributed by atoms with Crippen molar-refractivity contribution in [3.8, 4) is 0 Å². The molecule has 0 spiro atoms. The van der Waals surface area contributed by atoms with Crippen molar-refractivity contribution in [3.63, 3.8) is 0 Å². The zero-order valence-electron chi connectivity index (χ0n) is 23.5. The Kier molecular flexibility index (Phi) is 19.5. The largest absolute Gasteiger partial charge is 0.346 e. The summed E-state index contributed by atoms with van der Waals surface area (Å²) in [5, 5.41) is 4.83. The molecule has 36 heavy (non-hydrogen) atoms. The molecular formula is C29H46ClN3OS2. The zero-order chi connectivity index (χ0) is 27.5. The van der Waals surface area contributed by atoms with Crippen LogP contribution in [-0.2, 0) is 4.79 Å². The van der Waals surface area contributed by atoms with Crippen LogP contribution in [0.1, 0.15) is 53.4 Å². The van der Waals surface area contributed by atoms with Gasteiger partial charge in [-0.1, -0.05) is 57.5 Å². The van der Waals surface area contributed by atoms with Crippen molar-refractivity contribution >= 4 is 60.0 Å². The smallest absolute Gasteiger partial charge is 0.223 e. The van der Waals surface area contributed by atoms with Crippen LogP contribution in [0.15, 0.2) is 50.3 Å². The second-order valence-electron chi connectivity index (χ2n) is 8.19. The first-order valence-corrected chi connectivity index (χ1v) is 15.3. The summed E-state index contributed by atoms with van der Waals surface area (Å²) in [6, 6.07) is 6.14. The van der Waals surface area contributed by atoms with E-state index >= 15 is 0 Å². The van der Waals surface area contributed by atoms with Crippen molar-refractivity contribution in [1.29, 1.82) is 0 Å². The van der Waals surface area contributed by atoms with Crippen LogP contribution in [-0.4, -0.2) is 61.7 Å². The van der Waals surface area contributed by atoms with Crippen molar-refractivity contribution < 1.29 is 4.79 Å². The Labute approximate surface area is 233 Å². The van der Waals surface area contributed by atoms with Gasteiger partial charge >= 0.3 is 0 Å². The topological polar surface area (TPSA) is 35.9 Å². The van der Waals surface area contributed by atoms with E-state index in [0.29, 0.717) is 17.4 Å². The van der Waals surface area contributed by atoms with E-state index in [2.05, 4.69) is 47.2 Å². The summed E-state index contributed by atoms with van der Waals surface area (Å²) in [5.74, 6) is 1.47. The first-order valence-electron chi connectivity index (χ1n) is 12.6. The predicted octanol–water partition coefficient (Wildman–Crippen LogP) is 6.59. The van der Waals surface area contributed by atoms with Gasteiger partial charge in [-0.05, 0) is 66.0 Å². The quantitative estimate of drug-likeness (QED) is 0.148. The number of thioether (sulfide) groups is 2. The Balaban J connectivity index is 0.00000596. The Morgan fingerprint density at radius 3 is 2.53 bits per heavy atom. The maximum absolute atomic E-state index is 12.7. The van der Waals surface area contributed by atoms with Gasteiger partial charge in [0.25, 0.3) is 0 Å². The second-order valence-corrected chi connectivity index (χ2v) is 10.5. The van der Waals surface area contributed by atoms with E-state index in [1.807, 2.05) is 64.3 Å². The molecule has 0 aliphatic rings. The molecule has 1 rings (SSSR count). The average Bonchev–Trinajstić information content (AvgIpc) is 2.88. The molecule has 202 valence electrons. The number of hydrogen-bond donors (Lipinski definition) is 0. The van der Waals surface area contributed by atoms with Crippen molar-refractivity contribution in [1.82, 2.24) is 9.80 Å². The lowest BCUT2D eigenvalue weighted by atomic mass is 9.96. The molecule has 1 aromatic rings. The van der Waals surface area contributed by atoms with E-state index in [1.165, 1.54) is 5.70 Å². The lowest BCUT2D eigenvalue weighted by molar-refractivity contribution is -0.129. The van der Waals surface area contributed by atoms with E-state index in [0.717, 1.165) is 46.9 Å². The van der Waals surface area contributed by atoms with Crippen LogP contribution < -0.4 is 10.4 Å². The molecule has 1 atom stereocenters. The van der Waals surface area contributed by atoms with Crippen molar-refractivity contribution in [2.24, 2.45) is 10.9 Å². The third kappa shape index (κ3) is 13.6. The molecule has 0 saturated heterocycles. The molecule has 0 fully saturated rings. The minimum absolute atomic E-state index is 0.192. The van der Waals surface area contributed by atoms with E-state index in [9.17, 15) is 4.79 Å². The van der Waals surface area contributed by atoms with Crippen molar-refractivity contribution in [3.05, 3.63) is 50.8 Å². The molecule has 0 heterocycles. The summed E-state index contributed by atoms with van der Waals surface area (Å²) in [6.07, 6.45) is 11.3. The normalized spacial score (nSPS) is 13.4. The summed E-state index contributed by atoms with van der Waals surface area (Å²) in [7, 11) is 5.74. The highest BCUT2D eigenvalue weighted by Gasteiger charge is 2.15. The molecule has 0 aromatic heterocycles. The van der Waals surface area contributed by atoms with E-state index in [4.69, 9.17) is 11.6 Å². The minimum atomic E-state index is 0.192. The van der Waals surface area contributed by atoms with Gasteiger partial charge in [-0.2, -0.15) is 0 Å². The SMILES string of the molecule is C=c1cc(SCCC(=O)N(C)CCC(CC)C/C(=C/SC)N(C)C=NC)cc/c1=C/C(Cl)=C\C.CC. The Morgan fingerprint density at radius 2 is 1.97 bits per heavy atom. The number of benzene rings is 1. The Hall–Kier alpha value is -1.63. The standard InChI is InChI=1S/C27H40ClN3OS2.C2H6/c1-8-22(17-25(19-33-7)31(6)20-29-4)12-14-30(5)27(32)13-15-34-26-11-10-23(21(3)16-26)18-24(28)9-2;1-2/h9-11,16,18-20,22H,3,8,12-15,17H2,1-2,4-7H3;1-2H3/b23-18-,24-9+,25-19-,29-20?;. The summed E-state index contributed by atoms with van der Waals surface area (Å²) < 4.78 is 0. The third-order valence-electron chi connectivity index (χ3n) is 5.64. The minimum Gasteiger partial charge on any atom is -0.346 e. The molecular weight excluding hydrogens is 506 g/mol. The molecule has 7 heteroatoms. The molecule has 1 aromatic carbocycles. The Bertz CT molecular complexity index is 975. The predicted molar refractivity (Wildman–Crippen MR) is 166 cm³/mol. The fraction of sp³-hybridized carbons (Fsp3) is 0.517. The first-order chi connectivity index (χ1) is 17.2. The van der Waals surface area contributed by atoms with Crippen LogP contribution in [0.4, 0.5) is 0 Å². The second kappa shape index (κ2) is 20.4. The molecule has 0 aliphatic carbocycles. The number of halogens is 1. The fourth-order valence-electron chi connectivity index (χ4n) is 3.40. The van der Waals surface area contributed by atoms with Gasteiger partial charge in [-0.3, -0.25) is 9.79 Å². The van der Waals surface area contributed by atoms with Gasteiger partial charge in [0.15, 0.2) is 0 Å². The number of carbonyl (C=O) groups excluding carboxylic acids is 1. The maximum atomic E-state index is 12.7. The van der Waals surface area contributed by atoms with Crippen LogP contribution >= 0.6 is 35.1 Å². The highest BCUT2D eigenvalue weighted by Crippen LogP contribution is 2.23. The molecule has 0 aliphatic heterocycles. The van der Waals surface area contributed by atoms with E-state index in [1.54, 1.807) is 30.6 Å². The van der Waals surface area contributed by atoms with Crippen LogP contribution in [0.2, 0.25) is 0 Å². The van der Waals surface area contributed by atoms with Gasteiger partial charge in [0.2, 0.25) is 5.91 Å². The highest BCUT2D eigenvalue weighted by molar-refractivity contribution is 8.01. The van der Waals surface area contributed by atoms with Gasteiger partial charge in [0, 0.05) is 55.5 Å². The molecule has 0 N–H and O–H groups in total. The Morgan fingerprint density at radius 1 is 1.28 bits per heavy atom. The number of rotatable bonds is 14. The van der Waals surface area contributed by atoms with Crippen LogP contribution in [0.3, 0.4) is 0 Å². The lowest BCUT2D eigenvalue weighted by Crippen LogP contribution is -2.29. The number of amides is 1. The highest BCUT2D eigenvalue weighted by atomic mass is 35.5. The summed E-state index contributed by atoms with van der Waals surface area (Å²) >= 11 is 9.50. The number of allylic oxidation sites excluding steroid dienone is 3. The lowest BCUT2D eigenvalue weighted by Gasteiger charge is -2.25. The van der Waals surface area contributed by atoms with Gasteiger partial charge in [-0.15, -0.1) is 23.5 Å². The average molecular weight is 552 g/mol. The number of carbonyl (C=O) groups is 1. The molecule has 1 amide bonds. The van der Waals surface area contributed by atoms with E-state index in [-0.39, 0.29) is 5.91 Å². The monoisotopic (exact) mass is 551 g/mol. The number of aliphatic imine (C=N–C) groups is 1. The van der Waals surface area contributed by atoms with Crippen LogP contribution in [0.5, 0.6) is 0 Å². The van der Waals surface area contributed by atoms with Gasteiger partial charge in [0.05, 0.1) is 6.34 Å². The summed E-state index contributed by atoms with van der Waals surface area (Å²) in [4.78, 5) is 21.9. The summed E-state index contributed by atoms with van der Waals surface area (Å²) in [5.41, 5.74) is 1.26. The fourth-order valence-corrected chi connectivity index (χ4v) is 4.95. The maximum Gasteiger partial charge on any atom is 0.223 e. The molecule has 0 saturated carbocycles. The van der Waals surface area contributed by atoms with Gasteiger partial charge in [-0.25, -0.2) is 0 Å². The van der Waals surface area contributed by atoms with Gasteiger partial charge in [0.1, 0.15) is 0 Å². The van der Waals surface area contributed by atoms with E-state index < -0.39 is 0 Å². The van der Waals surface area contributed by atoms with Gasteiger partial charge < -0.3 is 9.80 Å². The van der Waals surface area contributed by atoms with Crippen LogP contribution in [0.25, 0.3) is 12.7 Å². The van der Waals surface area contributed by atoms with Crippen molar-refractivity contribution in [2.45, 2.75) is 58.3 Å². The number of nitrogens with zero attached hydrogens (tertiary/aromatic N) is 3. The van der Waals surface area contributed by atoms with Crippen LogP contribution in [0, 0.1) is 5.92 Å². The first kappa shape index (κ1) is 34.4.